The van der Waals surface area contributed by atoms with Gasteiger partial charge in [-0.25, -0.2) is 0 Å². The summed E-state index contributed by atoms with van der Waals surface area (Å²) in [5, 5.41) is 42.9. The highest BCUT2D eigenvalue weighted by molar-refractivity contribution is 5.95. The molecule has 32 heavy (non-hydrogen) atoms. The number of hydrogen-bond donors (Lipinski definition) is 4. The van der Waals surface area contributed by atoms with Crippen LogP contribution in [-0.2, 0) is 4.79 Å². The number of hydrogen-bond acceptors (Lipinski definition) is 5. The molecule has 4 aliphatic carbocycles. The zero-order valence-corrected chi connectivity index (χ0v) is 20.4. The standard InChI is InChI=1S/C27H42O5/c1-16(7-6-10-24(2,3)31)17-9-12-27(32)19-13-21(28)20-14-22(29)23(30)15-25(20,4)18(19)8-11-26(17,27)5/h7,13,17-18,20,22-23,29-32H,6,8-12,14-15H2,1-5H3/b16-7+/t17-,18?,20+,22-,23+,25-,26-,27-/m1/s1. The summed E-state index contributed by atoms with van der Waals surface area (Å²) in [5.41, 5.74) is -0.309. The molecule has 0 bridgehead atoms. The van der Waals surface area contributed by atoms with Crippen molar-refractivity contribution in [1.29, 1.82) is 0 Å². The molecule has 0 aromatic carbocycles. The molecule has 0 aromatic heterocycles. The van der Waals surface area contributed by atoms with Gasteiger partial charge in [0.25, 0.3) is 0 Å². The summed E-state index contributed by atoms with van der Waals surface area (Å²) in [4.78, 5) is 13.2. The highest BCUT2D eigenvalue weighted by atomic mass is 16.3. The molecule has 5 nitrogen and oxygen atoms in total. The fourth-order valence-corrected chi connectivity index (χ4v) is 7.90. The van der Waals surface area contributed by atoms with Crippen molar-refractivity contribution in [3.8, 4) is 0 Å². The van der Waals surface area contributed by atoms with E-state index in [0.29, 0.717) is 25.7 Å². The van der Waals surface area contributed by atoms with Crippen molar-refractivity contribution in [2.24, 2.45) is 28.6 Å². The van der Waals surface area contributed by atoms with Gasteiger partial charge in [-0.15, -0.1) is 0 Å². The Hall–Kier alpha value is -1.01. The number of carbonyl (C=O) groups excluding carboxylic acids is 1. The van der Waals surface area contributed by atoms with Crippen LogP contribution in [-0.4, -0.2) is 49.6 Å². The second kappa shape index (κ2) is 7.76. The van der Waals surface area contributed by atoms with E-state index < -0.39 is 28.8 Å². The van der Waals surface area contributed by atoms with Crippen LogP contribution < -0.4 is 0 Å². The molecule has 3 saturated carbocycles. The first kappa shape index (κ1) is 24.1. The minimum absolute atomic E-state index is 0.00302. The Balaban J connectivity index is 1.65. The minimum Gasteiger partial charge on any atom is -0.390 e. The predicted molar refractivity (Wildman–Crippen MR) is 124 cm³/mol. The Bertz CT molecular complexity index is 837. The van der Waals surface area contributed by atoms with Crippen LogP contribution in [0, 0.1) is 28.6 Å². The first-order chi connectivity index (χ1) is 14.7. The van der Waals surface area contributed by atoms with Crippen molar-refractivity contribution in [3.63, 3.8) is 0 Å². The number of aliphatic hydroxyl groups is 4. The second-order valence-corrected chi connectivity index (χ2v) is 12.4. The molecule has 0 heterocycles. The molecule has 0 aliphatic heterocycles. The van der Waals surface area contributed by atoms with E-state index in [-0.39, 0.29) is 29.0 Å². The molecule has 180 valence electrons. The molecule has 4 N–H and O–H groups in total. The van der Waals surface area contributed by atoms with Crippen molar-refractivity contribution >= 4 is 5.78 Å². The summed E-state index contributed by atoms with van der Waals surface area (Å²) in [6, 6.07) is 0. The van der Waals surface area contributed by atoms with Crippen LogP contribution in [0.5, 0.6) is 0 Å². The quantitative estimate of drug-likeness (QED) is 0.494. The summed E-state index contributed by atoms with van der Waals surface area (Å²) in [6.45, 7) is 10.1. The molecule has 0 aromatic rings. The third-order valence-electron chi connectivity index (χ3n) is 9.89. The SMILES string of the molecule is C/C(=C\CCC(C)(C)O)[C@H]1CC[C@@]2(O)C3=CC(=O)[C@@H]4C[C@@H](O)[C@@H](O)C[C@]4(C)C3CC[C@]12C. The average Bonchev–Trinajstić information content (AvgIpc) is 2.95. The molecule has 8 atom stereocenters. The molecule has 1 unspecified atom stereocenters. The largest absolute Gasteiger partial charge is 0.390 e. The first-order valence-corrected chi connectivity index (χ1v) is 12.5. The normalized spacial score (nSPS) is 46.9. The summed E-state index contributed by atoms with van der Waals surface area (Å²) >= 11 is 0. The van der Waals surface area contributed by atoms with Crippen LogP contribution in [0.25, 0.3) is 0 Å². The molecule has 0 radical (unpaired) electrons. The van der Waals surface area contributed by atoms with Crippen molar-refractivity contribution < 1.29 is 25.2 Å². The van der Waals surface area contributed by atoms with Gasteiger partial charge in [-0.05, 0) is 101 Å². The second-order valence-electron chi connectivity index (χ2n) is 12.4. The average molecular weight is 447 g/mol. The Labute approximate surface area is 192 Å². The molecular formula is C27H42O5. The lowest BCUT2D eigenvalue weighted by molar-refractivity contribution is -0.151. The number of aliphatic hydroxyl groups excluding tert-OH is 2. The number of rotatable bonds is 4. The van der Waals surface area contributed by atoms with Crippen LogP contribution >= 0.6 is 0 Å². The molecule has 4 rings (SSSR count). The van der Waals surface area contributed by atoms with Crippen LogP contribution in [0.2, 0.25) is 0 Å². The van der Waals surface area contributed by atoms with Gasteiger partial charge in [-0.2, -0.15) is 0 Å². The van der Waals surface area contributed by atoms with Crippen LogP contribution in [0.1, 0.15) is 86.0 Å². The monoisotopic (exact) mass is 446 g/mol. The van der Waals surface area contributed by atoms with Gasteiger partial charge < -0.3 is 20.4 Å². The number of fused-ring (bicyclic) bond motifs is 5. The minimum atomic E-state index is -1.02. The van der Waals surface area contributed by atoms with Crippen molar-refractivity contribution in [2.75, 3.05) is 0 Å². The van der Waals surface area contributed by atoms with Gasteiger partial charge in [0.05, 0.1) is 23.4 Å². The number of carbonyl (C=O) groups is 1. The number of allylic oxidation sites excluding steroid dienone is 3. The van der Waals surface area contributed by atoms with E-state index in [9.17, 15) is 25.2 Å². The van der Waals surface area contributed by atoms with E-state index in [1.807, 2.05) is 13.8 Å². The summed E-state index contributed by atoms with van der Waals surface area (Å²) < 4.78 is 0. The van der Waals surface area contributed by atoms with E-state index in [1.54, 1.807) is 6.08 Å². The van der Waals surface area contributed by atoms with Gasteiger partial charge in [0.1, 0.15) is 0 Å². The highest BCUT2D eigenvalue weighted by Gasteiger charge is 2.66. The molecule has 0 amide bonds. The van der Waals surface area contributed by atoms with Crippen molar-refractivity contribution in [1.82, 2.24) is 0 Å². The van der Waals surface area contributed by atoms with Gasteiger partial charge in [0.2, 0.25) is 0 Å². The summed E-state index contributed by atoms with van der Waals surface area (Å²) in [6.07, 6.45) is 7.79. The van der Waals surface area contributed by atoms with Gasteiger partial charge in [-0.3, -0.25) is 4.79 Å². The van der Waals surface area contributed by atoms with Gasteiger partial charge >= 0.3 is 0 Å². The Morgan fingerprint density at radius 3 is 2.50 bits per heavy atom. The zero-order chi connectivity index (χ0) is 23.7. The molecule has 5 heteroatoms. The van der Waals surface area contributed by atoms with Crippen LogP contribution in [0.3, 0.4) is 0 Å². The fraction of sp³-hybridized carbons (Fsp3) is 0.815. The Morgan fingerprint density at radius 2 is 1.84 bits per heavy atom. The van der Waals surface area contributed by atoms with Gasteiger partial charge in [0.15, 0.2) is 5.78 Å². The molecule has 3 fully saturated rings. The van der Waals surface area contributed by atoms with Gasteiger partial charge in [-0.1, -0.05) is 25.5 Å². The molecule has 4 aliphatic rings. The van der Waals surface area contributed by atoms with Crippen molar-refractivity contribution in [3.05, 3.63) is 23.3 Å². The summed E-state index contributed by atoms with van der Waals surface area (Å²) in [7, 11) is 0. The first-order valence-electron chi connectivity index (χ1n) is 12.5. The molecule has 0 saturated heterocycles. The summed E-state index contributed by atoms with van der Waals surface area (Å²) in [5.74, 6) is 0.0192. The van der Waals surface area contributed by atoms with E-state index in [1.165, 1.54) is 5.57 Å². The van der Waals surface area contributed by atoms with Crippen LogP contribution in [0.15, 0.2) is 23.3 Å². The van der Waals surface area contributed by atoms with E-state index >= 15 is 0 Å². The van der Waals surface area contributed by atoms with E-state index in [2.05, 4.69) is 26.8 Å². The Morgan fingerprint density at radius 1 is 1.16 bits per heavy atom. The van der Waals surface area contributed by atoms with Crippen LogP contribution in [0.4, 0.5) is 0 Å². The third kappa shape index (κ3) is 3.55. The smallest absolute Gasteiger partial charge is 0.159 e. The van der Waals surface area contributed by atoms with Crippen molar-refractivity contribution in [2.45, 2.75) is 109 Å². The molecule has 0 spiro atoms. The lowest BCUT2D eigenvalue weighted by Crippen LogP contribution is -2.60. The highest BCUT2D eigenvalue weighted by Crippen LogP contribution is 2.68. The maximum Gasteiger partial charge on any atom is 0.159 e. The fourth-order valence-electron chi connectivity index (χ4n) is 7.90. The van der Waals surface area contributed by atoms with Gasteiger partial charge in [0, 0.05) is 11.3 Å². The van der Waals surface area contributed by atoms with E-state index in [0.717, 1.165) is 31.3 Å². The molecular weight excluding hydrogens is 404 g/mol. The Kier molecular flexibility index (Phi) is 5.85. The maximum absolute atomic E-state index is 13.2. The lowest BCUT2D eigenvalue weighted by Gasteiger charge is -2.60. The maximum atomic E-state index is 13.2. The zero-order valence-electron chi connectivity index (χ0n) is 20.4. The third-order valence-corrected chi connectivity index (χ3v) is 9.89. The number of ketones is 1. The topological polar surface area (TPSA) is 98.0 Å². The lowest BCUT2D eigenvalue weighted by atomic mass is 9.46. The van der Waals surface area contributed by atoms with E-state index in [4.69, 9.17) is 0 Å². The predicted octanol–water partition coefficient (Wildman–Crippen LogP) is 3.69.